The number of nitrogens with zero attached hydrogens (tertiary/aromatic N) is 3. The summed E-state index contributed by atoms with van der Waals surface area (Å²) in [5.41, 5.74) is 7.86. The Bertz CT molecular complexity index is 480. The van der Waals surface area contributed by atoms with Gasteiger partial charge >= 0.3 is 0 Å². The minimum atomic E-state index is -0.0153. The standard InChI is InChI=1S/C13H21N5O/c1-8-9(2)16-17-13(11(8)12(14)15)19-10-4-6-18(3)7-5-10/h10H,4-7H2,1-3H3,(H3,14,15). The van der Waals surface area contributed by atoms with Gasteiger partial charge < -0.3 is 15.4 Å². The summed E-state index contributed by atoms with van der Waals surface area (Å²) >= 11 is 0. The van der Waals surface area contributed by atoms with Gasteiger partial charge in [0.2, 0.25) is 5.88 Å². The van der Waals surface area contributed by atoms with E-state index in [2.05, 4.69) is 22.1 Å². The quantitative estimate of drug-likeness (QED) is 0.623. The minimum Gasteiger partial charge on any atom is -0.473 e. The number of nitrogens with two attached hydrogens (primary N) is 1. The number of nitrogens with one attached hydrogen (secondary N) is 1. The number of hydrogen-bond acceptors (Lipinski definition) is 5. The highest BCUT2D eigenvalue weighted by atomic mass is 16.5. The van der Waals surface area contributed by atoms with Gasteiger partial charge in [0, 0.05) is 13.1 Å². The summed E-state index contributed by atoms with van der Waals surface area (Å²) in [6.45, 7) is 5.77. The molecule has 1 aromatic heterocycles. The molecule has 0 aliphatic carbocycles. The highest BCUT2D eigenvalue weighted by Crippen LogP contribution is 2.23. The van der Waals surface area contributed by atoms with Crippen molar-refractivity contribution in [3.63, 3.8) is 0 Å². The molecule has 3 N–H and O–H groups in total. The highest BCUT2D eigenvalue weighted by molar-refractivity contribution is 5.98. The Morgan fingerprint density at radius 3 is 2.53 bits per heavy atom. The van der Waals surface area contributed by atoms with Gasteiger partial charge in [0.1, 0.15) is 11.9 Å². The number of rotatable bonds is 3. The summed E-state index contributed by atoms with van der Waals surface area (Å²) in [6.07, 6.45) is 2.05. The van der Waals surface area contributed by atoms with Crippen LogP contribution in [0.15, 0.2) is 0 Å². The maximum Gasteiger partial charge on any atom is 0.245 e. The zero-order valence-corrected chi connectivity index (χ0v) is 11.7. The van der Waals surface area contributed by atoms with Crippen molar-refractivity contribution < 1.29 is 4.74 Å². The van der Waals surface area contributed by atoms with Crippen molar-refractivity contribution in [1.29, 1.82) is 5.41 Å². The van der Waals surface area contributed by atoms with Gasteiger partial charge in [0.05, 0.1) is 11.3 Å². The number of hydrogen-bond donors (Lipinski definition) is 2. The average molecular weight is 263 g/mol. The summed E-state index contributed by atoms with van der Waals surface area (Å²) in [7, 11) is 2.10. The number of ether oxygens (including phenoxy) is 1. The third-order valence-electron chi connectivity index (χ3n) is 3.64. The fourth-order valence-corrected chi connectivity index (χ4v) is 2.25. The summed E-state index contributed by atoms with van der Waals surface area (Å²) < 4.78 is 5.91. The van der Waals surface area contributed by atoms with Gasteiger partial charge in [-0.2, -0.15) is 5.10 Å². The van der Waals surface area contributed by atoms with Gasteiger partial charge in [0.15, 0.2) is 0 Å². The molecule has 0 aromatic carbocycles. The zero-order valence-electron chi connectivity index (χ0n) is 11.7. The van der Waals surface area contributed by atoms with E-state index in [4.69, 9.17) is 15.9 Å². The molecule has 0 saturated carbocycles. The molecule has 0 radical (unpaired) electrons. The fraction of sp³-hybridized carbons (Fsp3) is 0.615. The molecule has 0 unspecified atom stereocenters. The van der Waals surface area contributed by atoms with Gasteiger partial charge in [-0.25, -0.2) is 0 Å². The molecule has 2 heterocycles. The highest BCUT2D eigenvalue weighted by Gasteiger charge is 2.22. The Kier molecular flexibility index (Phi) is 3.99. The van der Waals surface area contributed by atoms with Gasteiger partial charge in [-0.05, 0) is 39.3 Å². The third-order valence-corrected chi connectivity index (χ3v) is 3.64. The summed E-state index contributed by atoms with van der Waals surface area (Å²) in [5.74, 6) is 0.378. The van der Waals surface area contributed by atoms with Crippen LogP contribution in [0, 0.1) is 19.3 Å². The Morgan fingerprint density at radius 2 is 1.95 bits per heavy atom. The van der Waals surface area contributed by atoms with E-state index >= 15 is 0 Å². The number of amidine groups is 1. The molecular formula is C13H21N5O. The van der Waals surface area contributed by atoms with E-state index in [1.54, 1.807) is 0 Å². The van der Waals surface area contributed by atoms with Gasteiger partial charge in [-0.3, -0.25) is 5.41 Å². The maximum atomic E-state index is 7.68. The topological polar surface area (TPSA) is 88.1 Å². The van der Waals surface area contributed by atoms with Crippen LogP contribution in [0.2, 0.25) is 0 Å². The lowest BCUT2D eigenvalue weighted by molar-refractivity contribution is 0.108. The monoisotopic (exact) mass is 263 g/mol. The van der Waals surface area contributed by atoms with Crippen LogP contribution < -0.4 is 10.5 Å². The predicted octanol–water partition coefficient (Wildman–Crippen LogP) is 0.851. The Labute approximate surface area is 113 Å². The second kappa shape index (κ2) is 5.52. The second-order valence-corrected chi connectivity index (χ2v) is 5.12. The van der Waals surface area contributed by atoms with Crippen LogP contribution >= 0.6 is 0 Å². The van der Waals surface area contributed by atoms with Crippen LogP contribution in [0.5, 0.6) is 5.88 Å². The van der Waals surface area contributed by atoms with Crippen LogP contribution in [-0.2, 0) is 0 Å². The molecule has 6 nitrogen and oxygen atoms in total. The summed E-state index contributed by atoms with van der Waals surface area (Å²) in [6, 6.07) is 0. The molecule has 1 aromatic rings. The van der Waals surface area contributed by atoms with Crippen LogP contribution in [0.1, 0.15) is 29.7 Å². The molecule has 1 aliphatic rings. The van der Waals surface area contributed by atoms with Gasteiger partial charge in [0.25, 0.3) is 0 Å². The lowest BCUT2D eigenvalue weighted by atomic mass is 10.1. The molecule has 19 heavy (non-hydrogen) atoms. The summed E-state index contributed by atoms with van der Waals surface area (Å²) in [4.78, 5) is 2.28. The zero-order chi connectivity index (χ0) is 14.0. The average Bonchev–Trinajstić information content (AvgIpc) is 2.36. The van der Waals surface area contributed by atoms with E-state index in [0.717, 1.165) is 37.2 Å². The normalized spacial score (nSPS) is 17.4. The van der Waals surface area contributed by atoms with Crippen LogP contribution in [0.3, 0.4) is 0 Å². The van der Waals surface area contributed by atoms with E-state index in [1.807, 2.05) is 13.8 Å². The number of nitrogen functional groups attached to an aromatic ring is 1. The number of aromatic nitrogens is 2. The molecule has 1 fully saturated rings. The first kappa shape index (κ1) is 13.7. The predicted molar refractivity (Wildman–Crippen MR) is 73.7 cm³/mol. The molecule has 0 atom stereocenters. The molecule has 1 saturated heterocycles. The maximum absolute atomic E-state index is 7.68. The van der Waals surface area contributed by atoms with Gasteiger partial charge in [-0.15, -0.1) is 5.10 Å². The first-order chi connectivity index (χ1) is 8.99. The second-order valence-electron chi connectivity index (χ2n) is 5.12. The van der Waals surface area contributed by atoms with Crippen molar-refractivity contribution in [2.75, 3.05) is 20.1 Å². The summed E-state index contributed by atoms with van der Waals surface area (Å²) in [5, 5.41) is 15.8. The minimum absolute atomic E-state index is 0.0153. The molecule has 1 aliphatic heterocycles. The van der Waals surface area contributed by atoms with Crippen LogP contribution in [0.25, 0.3) is 0 Å². The fourth-order valence-electron chi connectivity index (χ4n) is 2.25. The van der Waals surface area contributed by atoms with Crippen molar-refractivity contribution in [3.8, 4) is 5.88 Å². The lowest BCUT2D eigenvalue weighted by Gasteiger charge is -2.29. The SMILES string of the molecule is Cc1nnc(OC2CCN(C)CC2)c(C(=N)N)c1C. The molecule has 0 spiro atoms. The number of aryl methyl sites for hydroxylation is 1. The van der Waals surface area contributed by atoms with E-state index in [1.165, 1.54) is 0 Å². The smallest absolute Gasteiger partial charge is 0.245 e. The Balaban J connectivity index is 2.20. The first-order valence-electron chi connectivity index (χ1n) is 6.52. The van der Waals surface area contributed by atoms with E-state index < -0.39 is 0 Å². The van der Waals surface area contributed by atoms with E-state index in [9.17, 15) is 0 Å². The van der Waals surface area contributed by atoms with Crippen LogP contribution in [0.4, 0.5) is 0 Å². The Morgan fingerprint density at radius 1 is 1.32 bits per heavy atom. The van der Waals surface area contributed by atoms with Crippen molar-refractivity contribution >= 4 is 5.84 Å². The molecular weight excluding hydrogens is 242 g/mol. The molecule has 6 heteroatoms. The van der Waals surface area contributed by atoms with E-state index in [0.29, 0.717) is 11.4 Å². The molecule has 104 valence electrons. The molecule has 2 rings (SSSR count). The van der Waals surface area contributed by atoms with Crippen LogP contribution in [-0.4, -0.2) is 47.2 Å². The van der Waals surface area contributed by atoms with E-state index in [-0.39, 0.29) is 11.9 Å². The first-order valence-corrected chi connectivity index (χ1v) is 6.52. The lowest BCUT2D eigenvalue weighted by Crippen LogP contribution is -2.36. The van der Waals surface area contributed by atoms with Gasteiger partial charge in [-0.1, -0.05) is 0 Å². The largest absolute Gasteiger partial charge is 0.473 e. The Hall–Kier alpha value is -1.69. The molecule has 0 amide bonds. The third kappa shape index (κ3) is 3.01. The molecule has 0 bridgehead atoms. The number of piperidine rings is 1. The van der Waals surface area contributed by atoms with Crippen molar-refractivity contribution in [1.82, 2.24) is 15.1 Å². The van der Waals surface area contributed by atoms with Crippen molar-refractivity contribution in [2.45, 2.75) is 32.8 Å². The number of likely N-dealkylation sites (tertiary alicyclic amines) is 1. The van der Waals surface area contributed by atoms with Crippen molar-refractivity contribution in [3.05, 3.63) is 16.8 Å². The van der Waals surface area contributed by atoms with Crippen molar-refractivity contribution in [2.24, 2.45) is 5.73 Å².